The van der Waals surface area contributed by atoms with Gasteiger partial charge in [0.25, 0.3) is 0 Å². The van der Waals surface area contributed by atoms with Crippen LogP contribution in [0.4, 0.5) is 0 Å². The van der Waals surface area contributed by atoms with E-state index < -0.39 is 5.60 Å². The maximum atomic E-state index is 10.1. The van der Waals surface area contributed by atoms with Crippen LogP contribution >= 0.6 is 11.6 Å². The van der Waals surface area contributed by atoms with E-state index in [1.54, 1.807) is 13.0 Å². The van der Waals surface area contributed by atoms with E-state index in [1.165, 1.54) is 0 Å². The van der Waals surface area contributed by atoms with Gasteiger partial charge in [-0.05, 0) is 37.5 Å². The van der Waals surface area contributed by atoms with Gasteiger partial charge in [0.1, 0.15) is 5.60 Å². The summed E-state index contributed by atoms with van der Waals surface area (Å²) in [5.74, 6) is 6.36. The molecule has 0 saturated carbocycles. The Hall–Kier alpha value is -0.970. The molecule has 1 N–H and O–H groups in total. The number of halogens is 1. The molecule has 0 aliphatic rings. The van der Waals surface area contributed by atoms with Crippen LogP contribution in [0.3, 0.4) is 0 Å². The second-order valence-electron chi connectivity index (χ2n) is 4.75. The predicted molar refractivity (Wildman–Crippen MR) is 73.0 cm³/mol. The number of benzene rings is 1. The molecule has 0 bridgehead atoms. The maximum Gasteiger partial charge on any atom is 0.123 e. The van der Waals surface area contributed by atoms with Crippen LogP contribution in [-0.4, -0.2) is 10.7 Å². The molecular weight excluding hydrogens is 232 g/mol. The lowest BCUT2D eigenvalue weighted by Crippen LogP contribution is -2.24. The molecule has 17 heavy (non-hydrogen) atoms. The highest BCUT2D eigenvalue weighted by Gasteiger charge is 2.19. The Balaban J connectivity index is 2.77. The van der Waals surface area contributed by atoms with Crippen LogP contribution in [0.5, 0.6) is 0 Å². The highest BCUT2D eigenvalue weighted by molar-refractivity contribution is 6.30. The molecule has 0 spiro atoms. The second-order valence-corrected chi connectivity index (χ2v) is 5.19. The fraction of sp³-hybridized carbons (Fsp3) is 0.467. The smallest absolute Gasteiger partial charge is 0.123 e. The molecule has 0 heterocycles. The first-order valence-electron chi connectivity index (χ1n) is 5.94. The fourth-order valence-corrected chi connectivity index (χ4v) is 1.84. The molecule has 1 aromatic carbocycles. The lowest BCUT2D eigenvalue weighted by Gasteiger charge is -2.20. The lowest BCUT2D eigenvalue weighted by molar-refractivity contribution is 0.0939. The zero-order valence-corrected chi connectivity index (χ0v) is 11.4. The Morgan fingerprint density at radius 3 is 2.76 bits per heavy atom. The van der Waals surface area contributed by atoms with Crippen molar-refractivity contribution in [2.75, 3.05) is 0 Å². The van der Waals surface area contributed by atoms with Crippen molar-refractivity contribution in [3.05, 3.63) is 34.9 Å². The van der Waals surface area contributed by atoms with Crippen molar-refractivity contribution in [3.8, 4) is 11.8 Å². The molecule has 0 saturated heterocycles. The van der Waals surface area contributed by atoms with Crippen molar-refractivity contribution >= 4 is 11.6 Å². The van der Waals surface area contributed by atoms with Gasteiger partial charge in [-0.1, -0.05) is 49.8 Å². The number of hydrogen-bond donors (Lipinski definition) is 1. The third kappa shape index (κ3) is 5.26. The van der Waals surface area contributed by atoms with Crippen LogP contribution in [0.25, 0.3) is 0 Å². The minimum Gasteiger partial charge on any atom is -0.378 e. The van der Waals surface area contributed by atoms with Crippen molar-refractivity contribution in [2.24, 2.45) is 5.92 Å². The highest BCUT2D eigenvalue weighted by atomic mass is 35.5. The molecule has 0 aliphatic heterocycles. The summed E-state index contributed by atoms with van der Waals surface area (Å²) in [7, 11) is 0. The Morgan fingerprint density at radius 2 is 2.18 bits per heavy atom. The molecule has 2 heteroatoms. The second kappa shape index (κ2) is 6.10. The summed E-state index contributed by atoms with van der Waals surface area (Å²) in [5, 5.41) is 10.8. The van der Waals surface area contributed by atoms with E-state index in [0.29, 0.717) is 17.4 Å². The van der Waals surface area contributed by atoms with E-state index in [1.807, 2.05) is 18.2 Å². The first-order chi connectivity index (χ1) is 7.93. The molecule has 1 nitrogen and oxygen atoms in total. The summed E-state index contributed by atoms with van der Waals surface area (Å²) in [6.07, 6.45) is 1.74. The number of hydrogen-bond acceptors (Lipinski definition) is 1. The topological polar surface area (TPSA) is 20.2 Å². The third-order valence-electron chi connectivity index (χ3n) is 2.74. The monoisotopic (exact) mass is 250 g/mol. The predicted octanol–water partition coefficient (Wildman–Crippen LogP) is 3.88. The normalized spacial score (nSPS) is 15.6. The average Bonchev–Trinajstić information content (AvgIpc) is 2.26. The lowest BCUT2D eigenvalue weighted by atomic mass is 9.92. The summed E-state index contributed by atoms with van der Waals surface area (Å²) in [6, 6.07) is 7.35. The summed E-state index contributed by atoms with van der Waals surface area (Å²) < 4.78 is 0. The molecule has 0 aromatic heterocycles. The van der Waals surface area contributed by atoms with Crippen molar-refractivity contribution < 1.29 is 5.11 Å². The van der Waals surface area contributed by atoms with Crippen molar-refractivity contribution in [1.82, 2.24) is 0 Å². The van der Waals surface area contributed by atoms with Crippen LogP contribution < -0.4 is 0 Å². The minimum absolute atomic E-state index is 0.471. The van der Waals surface area contributed by atoms with E-state index in [9.17, 15) is 5.11 Å². The Bertz CT molecular complexity index is 426. The molecular formula is C15H19ClO. The molecule has 0 aliphatic carbocycles. The minimum atomic E-state index is -0.933. The highest BCUT2D eigenvalue weighted by Crippen LogP contribution is 2.18. The number of rotatable bonds is 3. The van der Waals surface area contributed by atoms with E-state index in [2.05, 4.69) is 25.7 Å². The van der Waals surface area contributed by atoms with Gasteiger partial charge in [0, 0.05) is 10.6 Å². The Kier molecular flexibility index (Phi) is 5.05. The quantitative estimate of drug-likeness (QED) is 0.808. The Morgan fingerprint density at radius 1 is 1.47 bits per heavy atom. The van der Waals surface area contributed by atoms with Crippen LogP contribution in [0.1, 0.15) is 39.2 Å². The van der Waals surface area contributed by atoms with Gasteiger partial charge in [0.2, 0.25) is 0 Å². The molecule has 1 rings (SSSR count). The zero-order valence-electron chi connectivity index (χ0n) is 10.6. The van der Waals surface area contributed by atoms with Gasteiger partial charge in [-0.25, -0.2) is 0 Å². The SMILES string of the molecule is CCC(C)CC(C)(O)C#Cc1cccc(Cl)c1. The van der Waals surface area contributed by atoms with Gasteiger partial charge in [-0.15, -0.1) is 0 Å². The van der Waals surface area contributed by atoms with Crippen molar-refractivity contribution in [2.45, 2.75) is 39.2 Å². The van der Waals surface area contributed by atoms with Gasteiger partial charge in [0.15, 0.2) is 0 Å². The first kappa shape index (κ1) is 14.1. The van der Waals surface area contributed by atoms with Crippen molar-refractivity contribution in [1.29, 1.82) is 0 Å². The molecule has 0 radical (unpaired) electrons. The molecule has 2 unspecified atom stereocenters. The summed E-state index contributed by atoms with van der Waals surface area (Å²) in [5.41, 5.74) is -0.0977. The van der Waals surface area contributed by atoms with Gasteiger partial charge in [0.05, 0.1) is 0 Å². The van der Waals surface area contributed by atoms with E-state index >= 15 is 0 Å². The van der Waals surface area contributed by atoms with Gasteiger partial charge < -0.3 is 5.11 Å². The maximum absolute atomic E-state index is 10.1. The summed E-state index contributed by atoms with van der Waals surface area (Å²) in [6.45, 7) is 6.00. The van der Waals surface area contributed by atoms with E-state index in [4.69, 9.17) is 11.6 Å². The van der Waals surface area contributed by atoms with Crippen LogP contribution in [0, 0.1) is 17.8 Å². The molecule has 1 aromatic rings. The molecule has 0 amide bonds. The zero-order chi connectivity index (χ0) is 12.9. The van der Waals surface area contributed by atoms with Crippen molar-refractivity contribution in [3.63, 3.8) is 0 Å². The van der Waals surface area contributed by atoms with E-state index in [0.717, 1.165) is 12.0 Å². The summed E-state index contributed by atoms with van der Waals surface area (Å²) >= 11 is 5.87. The largest absolute Gasteiger partial charge is 0.378 e. The Labute approximate surface area is 109 Å². The number of aliphatic hydroxyl groups is 1. The standard InChI is InChI=1S/C15H19ClO/c1-4-12(2)11-15(3,17)9-8-13-6-5-7-14(16)10-13/h5-7,10,12,17H,4,11H2,1-3H3. The van der Waals surface area contributed by atoms with Gasteiger partial charge in [-0.2, -0.15) is 0 Å². The summed E-state index contributed by atoms with van der Waals surface area (Å²) in [4.78, 5) is 0. The third-order valence-corrected chi connectivity index (χ3v) is 2.98. The fourth-order valence-electron chi connectivity index (χ4n) is 1.65. The van der Waals surface area contributed by atoms with Crippen LogP contribution in [0.15, 0.2) is 24.3 Å². The van der Waals surface area contributed by atoms with Gasteiger partial charge in [-0.3, -0.25) is 0 Å². The van der Waals surface area contributed by atoms with E-state index in [-0.39, 0.29) is 0 Å². The average molecular weight is 251 g/mol. The van der Waals surface area contributed by atoms with Gasteiger partial charge >= 0.3 is 0 Å². The van der Waals surface area contributed by atoms with Crippen LogP contribution in [0.2, 0.25) is 5.02 Å². The van der Waals surface area contributed by atoms with Crippen LogP contribution in [-0.2, 0) is 0 Å². The molecule has 2 atom stereocenters. The first-order valence-corrected chi connectivity index (χ1v) is 6.32. The molecule has 0 fully saturated rings. The molecule has 92 valence electrons.